The van der Waals surface area contributed by atoms with Crippen LogP contribution in [0.1, 0.15) is 29.5 Å². The van der Waals surface area contributed by atoms with Crippen molar-refractivity contribution in [2.75, 3.05) is 13.1 Å². The van der Waals surface area contributed by atoms with Gasteiger partial charge in [0, 0.05) is 24.9 Å². The maximum Gasteiger partial charge on any atom is 0.224 e. The van der Waals surface area contributed by atoms with Gasteiger partial charge in [-0.15, -0.1) is 0 Å². The van der Waals surface area contributed by atoms with Crippen LogP contribution in [-0.2, 0) is 24.3 Å². The maximum absolute atomic E-state index is 12.4. The van der Waals surface area contributed by atoms with Gasteiger partial charge in [-0.2, -0.15) is 0 Å². The Morgan fingerprint density at radius 2 is 1.56 bits per heavy atom. The van der Waals surface area contributed by atoms with Gasteiger partial charge in [0.25, 0.3) is 0 Å². The number of likely N-dealkylation sites (tertiary alicyclic amines) is 1. The maximum atomic E-state index is 12.4. The summed E-state index contributed by atoms with van der Waals surface area (Å²) in [6, 6.07) is 23.1. The zero-order chi connectivity index (χ0) is 18.5. The average Bonchev–Trinajstić information content (AvgIpc) is 3.21. The molecule has 4 rings (SSSR count). The highest BCUT2D eigenvalue weighted by Crippen LogP contribution is 2.18. The van der Waals surface area contributed by atoms with E-state index in [1.165, 1.54) is 36.9 Å². The minimum Gasteiger partial charge on any atom is -0.352 e. The zero-order valence-corrected chi connectivity index (χ0v) is 15.7. The number of carbonyl (C=O) groups excluding carboxylic acids is 1. The standard InChI is InChI=1S/C24H26N2O/c27-24(16-22-8-5-7-21-6-1-2-9-23(21)22)25-17-19-10-12-20(13-11-19)18-26-14-3-4-15-26/h1-2,5-13H,3-4,14-18H2,(H,25,27)/p+1. The van der Waals surface area contributed by atoms with Crippen LogP contribution >= 0.6 is 0 Å². The molecule has 138 valence electrons. The van der Waals surface area contributed by atoms with Gasteiger partial charge in [-0.3, -0.25) is 4.79 Å². The summed E-state index contributed by atoms with van der Waals surface area (Å²) in [6.45, 7) is 4.30. The minimum atomic E-state index is 0.0666. The van der Waals surface area contributed by atoms with Crippen LogP contribution in [0.3, 0.4) is 0 Å². The number of rotatable bonds is 6. The Labute approximate surface area is 161 Å². The number of hydrogen-bond donors (Lipinski definition) is 2. The van der Waals surface area contributed by atoms with Crippen molar-refractivity contribution >= 4 is 16.7 Å². The van der Waals surface area contributed by atoms with Crippen molar-refractivity contribution in [2.24, 2.45) is 0 Å². The number of benzene rings is 3. The van der Waals surface area contributed by atoms with Crippen molar-refractivity contribution in [2.45, 2.75) is 32.4 Å². The molecule has 1 saturated heterocycles. The van der Waals surface area contributed by atoms with Crippen molar-refractivity contribution in [1.29, 1.82) is 0 Å². The van der Waals surface area contributed by atoms with Gasteiger partial charge < -0.3 is 10.2 Å². The van der Waals surface area contributed by atoms with Crippen LogP contribution in [0, 0.1) is 0 Å². The van der Waals surface area contributed by atoms with E-state index < -0.39 is 0 Å². The molecule has 1 fully saturated rings. The van der Waals surface area contributed by atoms with E-state index in [2.05, 4.69) is 47.8 Å². The van der Waals surface area contributed by atoms with Gasteiger partial charge in [-0.25, -0.2) is 0 Å². The van der Waals surface area contributed by atoms with Gasteiger partial charge in [0.05, 0.1) is 19.5 Å². The number of carbonyl (C=O) groups is 1. The summed E-state index contributed by atoms with van der Waals surface area (Å²) in [5.41, 5.74) is 3.62. The van der Waals surface area contributed by atoms with Crippen molar-refractivity contribution < 1.29 is 9.69 Å². The first-order valence-corrected chi connectivity index (χ1v) is 9.93. The molecule has 2 N–H and O–H groups in total. The highest BCUT2D eigenvalue weighted by molar-refractivity contribution is 5.90. The van der Waals surface area contributed by atoms with Crippen molar-refractivity contribution in [3.63, 3.8) is 0 Å². The third kappa shape index (κ3) is 4.55. The smallest absolute Gasteiger partial charge is 0.224 e. The van der Waals surface area contributed by atoms with E-state index in [4.69, 9.17) is 0 Å². The Hall–Kier alpha value is -2.65. The van der Waals surface area contributed by atoms with Gasteiger partial charge >= 0.3 is 0 Å². The van der Waals surface area contributed by atoms with Crippen molar-refractivity contribution in [1.82, 2.24) is 5.32 Å². The second kappa shape index (κ2) is 8.36. The fraction of sp³-hybridized carbons (Fsp3) is 0.292. The van der Waals surface area contributed by atoms with E-state index in [0.717, 1.165) is 23.1 Å². The first-order chi connectivity index (χ1) is 13.3. The molecule has 0 bridgehead atoms. The fourth-order valence-electron chi connectivity index (χ4n) is 4.00. The van der Waals surface area contributed by atoms with Gasteiger partial charge in [0.2, 0.25) is 5.91 Å². The minimum absolute atomic E-state index is 0.0666. The number of fused-ring (bicyclic) bond motifs is 1. The van der Waals surface area contributed by atoms with Crippen LogP contribution in [0.25, 0.3) is 10.8 Å². The molecule has 0 unspecified atom stereocenters. The van der Waals surface area contributed by atoms with Crippen LogP contribution in [0.4, 0.5) is 0 Å². The summed E-state index contributed by atoms with van der Waals surface area (Å²) in [5, 5.41) is 5.40. The molecule has 3 heteroatoms. The topological polar surface area (TPSA) is 33.5 Å². The largest absolute Gasteiger partial charge is 0.352 e. The summed E-state index contributed by atoms with van der Waals surface area (Å²) in [6.07, 6.45) is 3.13. The van der Waals surface area contributed by atoms with E-state index in [1.807, 2.05) is 24.3 Å². The quantitative estimate of drug-likeness (QED) is 0.697. The second-order valence-corrected chi connectivity index (χ2v) is 7.54. The molecule has 0 atom stereocenters. The Balaban J connectivity index is 1.32. The lowest BCUT2D eigenvalue weighted by atomic mass is 10.0. The molecule has 0 aliphatic carbocycles. The molecular weight excluding hydrogens is 332 g/mol. The van der Waals surface area contributed by atoms with E-state index in [0.29, 0.717) is 13.0 Å². The summed E-state index contributed by atoms with van der Waals surface area (Å²) in [4.78, 5) is 14.1. The van der Waals surface area contributed by atoms with Gasteiger partial charge in [-0.05, 0) is 21.9 Å². The highest BCUT2D eigenvalue weighted by atomic mass is 16.1. The van der Waals surface area contributed by atoms with Gasteiger partial charge in [0.1, 0.15) is 6.54 Å². The first kappa shape index (κ1) is 17.7. The van der Waals surface area contributed by atoms with Gasteiger partial charge in [0.15, 0.2) is 0 Å². The molecule has 1 aliphatic rings. The predicted octanol–water partition coefficient (Wildman–Crippen LogP) is 2.88. The number of quaternary nitrogens is 1. The highest BCUT2D eigenvalue weighted by Gasteiger charge is 2.15. The Kier molecular flexibility index (Phi) is 5.50. The predicted molar refractivity (Wildman–Crippen MR) is 110 cm³/mol. The molecular formula is C24H27N2O+. The van der Waals surface area contributed by atoms with E-state index in [-0.39, 0.29) is 5.91 Å². The molecule has 3 aromatic rings. The zero-order valence-electron chi connectivity index (χ0n) is 15.7. The lowest BCUT2D eigenvalue weighted by Gasteiger charge is -2.12. The Morgan fingerprint density at radius 1 is 0.852 bits per heavy atom. The van der Waals surface area contributed by atoms with Crippen LogP contribution in [0.5, 0.6) is 0 Å². The van der Waals surface area contributed by atoms with Crippen molar-refractivity contribution in [3.05, 3.63) is 83.4 Å². The normalized spacial score (nSPS) is 14.5. The molecule has 0 spiro atoms. The molecule has 3 aromatic carbocycles. The van der Waals surface area contributed by atoms with Gasteiger partial charge in [-0.1, -0.05) is 66.7 Å². The first-order valence-electron chi connectivity index (χ1n) is 9.93. The van der Waals surface area contributed by atoms with Crippen LogP contribution in [-0.4, -0.2) is 19.0 Å². The summed E-state index contributed by atoms with van der Waals surface area (Å²) in [7, 11) is 0. The molecule has 0 aromatic heterocycles. The molecule has 0 saturated carbocycles. The molecule has 1 amide bonds. The third-order valence-electron chi connectivity index (χ3n) is 5.51. The molecule has 1 heterocycles. The van der Waals surface area contributed by atoms with E-state index >= 15 is 0 Å². The number of nitrogens with one attached hydrogen (secondary N) is 2. The Morgan fingerprint density at radius 3 is 2.37 bits per heavy atom. The SMILES string of the molecule is O=C(Cc1cccc2ccccc12)NCc1ccc(C[NH+]2CCCC2)cc1. The van der Waals surface area contributed by atoms with Crippen LogP contribution in [0.15, 0.2) is 66.7 Å². The number of amides is 1. The molecule has 27 heavy (non-hydrogen) atoms. The lowest BCUT2D eigenvalue weighted by Crippen LogP contribution is -3.08. The molecule has 3 nitrogen and oxygen atoms in total. The van der Waals surface area contributed by atoms with E-state index in [9.17, 15) is 4.79 Å². The lowest BCUT2D eigenvalue weighted by molar-refractivity contribution is -0.901. The summed E-state index contributed by atoms with van der Waals surface area (Å²) in [5.74, 6) is 0.0666. The third-order valence-corrected chi connectivity index (χ3v) is 5.51. The van der Waals surface area contributed by atoms with E-state index in [1.54, 1.807) is 4.90 Å². The molecule has 1 aliphatic heterocycles. The fourth-order valence-corrected chi connectivity index (χ4v) is 4.00. The van der Waals surface area contributed by atoms with Crippen LogP contribution < -0.4 is 10.2 Å². The van der Waals surface area contributed by atoms with Crippen LogP contribution in [0.2, 0.25) is 0 Å². The summed E-state index contributed by atoms with van der Waals surface area (Å²) < 4.78 is 0. The average molecular weight is 359 g/mol. The number of hydrogen-bond acceptors (Lipinski definition) is 1. The Bertz CT molecular complexity index is 906. The van der Waals surface area contributed by atoms with Crippen molar-refractivity contribution in [3.8, 4) is 0 Å². The second-order valence-electron chi connectivity index (χ2n) is 7.54. The molecule has 0 radical (unpaired) electrons. The monoisotopic (exact) mass is 359 g/mol. The summed E-state index contributed by atoms with van der Waals surface area (Å²) >= 11 is 0.